The van der Waals surface area contributed by atoms with Crippen LogP contribution in [-0.4, -0.2) is 17.3 Å². The highest BCUT2D eigenvalue weighted by Gasteiger charge is 2.08. The molecule has 0 spiro atoms. The van der Waals surface area contributed by atoms with E-state index in [4.69, 9.17) is 5.11 Å². The SMILES string of the molecule is O=C(O)c1ccccc1N=Cc1cccc(F)c1F. The molecular weight excluding hydrogens is 252 g/mol. The average Bonchev–Trinajstić information content (AvgIpc) is 2.40. The Morgan fingerprint density at radius 3 is 2.58 bits per heavy atom. The monoisotopic (exact) mass is 261 g/mol. The van der Waals surface area contributed by atoms with E-state index in [9.17, 15) is 13.6 Å². The summed E-state index contributed by atoms with van der Waals surface area (Å²) in [5.41, 5.74) is 0.134. The van der Waals surface area contributed by atoms with Gasteiger partial charge in [-0.15, -0.1) is 0 Å². The Morgan fingerprint density at radius 1 is 1.11 bits per heavy atom. The van der Waals surface area contributed by atoms with Gasteiger partial charge in [0, 0.05) is 11.8 Å². The number of aromatic carboxylic acids is 1. The number of halogens is 2. The minimum atomic E-state index is -1.13. The predicted octanol–water partition coefficient (Wildman–Crippen LogP) is 3.41. The van der Waals surface area contributed by atoms with Crippen LogP contribution in [-0.2, 0) is 0 Å². The van der Waals surface area contributed by atoms with Gasteiger partial charge in [-0.3, -0.25) is 4.99 Å². The van der Waals surface area contributed by atoms with Gasteiger partial charge < -0.3 is 5.11 Å². The average molecular weight is 261 g/mol. The number of carboxylic acid groups (broad SMARTS) is 1. The quantitative estimate of drug-likeness (QED) is 0.861. The van der Waals surface area contributed by atoms with Crippen molar-refractivity contribution in [3.05, 3.63) is 65.2 Å². The van der Waals surface area contributed by atoms with Crippen LogP contribution in [0.4, 0.5) is 14.5 Å². The fourth-order valence-corrected chi connectivity index (χ4v) is 1.53. The van der Waals surface area contributed by atoms with Crippen molar-refractivity contribution in [1.82, 2.24) is 0 Å². The lowest BCUT2D eigenvalue weighted by Crippen LogP contribution is -1.96. The topological polar surface area (TPSA) is 49.7 Å². The fraction of sp³-hybridized carbons (Fsp3) is 0. The van der Waals surface area contributed by atoms with E-state index >= 15 is 0 Å². The van der Waals surface area contributed by atoms with Gasteiger partial charge in [0.2, 0.25) is 0 Å². The van der Waals surface area contributed by atoms with E-state index in [1.54, 1.807) is 12.1 Å². The maximum Gasteiger partial charge on any atom is 0.337 e. The third kappa shape index (κ3) is 2.82. The number of rotatable bonds is 3. The van der Waals surface area contributed by atoms with Crippen LogP contribution in [0.5, 0.6) is 0 Å². The summed E-state index contributed by atoms with van der Waals surface area (Å²) in [7, 11) is 0. The van der Waals surface area contributed by atoms with Crippen LogP contribution in [0.15, 0.2) is 47.5 Å². The molecule has 0 atom stereocenters. The Bertz CT molecular complexity index is 654. The minimum Gasteiger partial charge on any atom is -0.478 e. The highest BCUT2D eigenvalue weighted by atomic mass is 19.2. The predicted molar refractivity (Wildman–Crippen MR) is 67.0 cm³/mol. The summed E-state index contributed by atoms with van der Waals surface area (Å²) in [5, 5.41) is 8.95. The van der Waals surface area contributed by atoms with Crippen molar-refractivity contribution in [2.45, 2.75) is 0 Å². The van der Waals surface area contributed by atoms with Crippen LogP contribution in [0.25, 0.3) is 0 Å². The van der Waals surface area contributed by atoms with Crippen LogP contribution in [0, 0.1) is 11.6 Å². The first-order valence-corrected chi connectivity index (χ1v) is 5.40. The van der Waals surface area contributed by atoms with Crippen molar-refractivity contribution < 1.29 is 18.7 Å². The molecule has 0 heterocycles. The molecule has 5 heteroatoms. The molecule has 3 nitrogen and oxygen atoms in total. The lowest BCUT2D eigenvalue weighted by molar-refractivity contribution is 0.0698. The van der Waals surface area contributed by atoms with Crippen molar-refractivity contribution in [2.24, 2.45) is 4.99 Å². The van der Waals surface area contributed by atoms with Crippen LogP contribution < -0.4 is 0 Å². The lowest BCUT2D eigenvalue weighted by atomic mass is 10.2. The molecule has 2 aromatic rings. The van der Waals surface area contributed by atoms with Crippen LogP contribution >= 0.6 is 0 Å². The van der Waals surface area contributed by atoms with E-state index in [-0.39, 0.29) is 16.8 Å². The van der Waals surface area contributed by atoms with E-state index < -0.39 is 17.6 Å². The van der Waals surface area contributed by atoms with Gasteiger partial charge in [-0.1, -0.05) is 24.3 Å². The van der Waals surface area contributed by atoms with Crippen molar-refractivity contribution in [1.29, 1.82) is 0 Å². The Morgan fingerprint density at radius 2 is 1.84 bits per heavy atom. The van der Waals surface area contributed by atoms with Crippen molar-refractivity contribution in [3.63, 3.8) is 0 Å². The maximum atomic E-state index is 13.4. The molecule has 2 aromatic carbocycles. The third-order valence-corrected chi connectivity index (χ3v) is 2.46. The van der Waals surface area contributed by atoms with Gasteiger partial charge in [0.1, 0.15) is 0 Å². The Kier molecular flexibility index (Phi) is 3.66. The second-order valence-corrected chi connectivity index (χ2v) is 3.72. The lowest BCUT2D eigenvalue weighted by Gasteiger charge is -2.00. The van der Waals surface area contributed by atoms with E-state index in [0.717, 1.165) is 12.3 Å². The van der Waals surface area contributed by atoms with E-state index in [2.05, 4.69) is 4.99 Å². The van der Waals surface area contributed by atoms with Gasteiger partial charge in [0.15, 0.2) is 11.6 Å². The zero-order valence-corrected chi connectivity index (χ0v) is 9.68. The molecule has 0 aliphatic rings. The Balaban J connectivity index is 2.38. The highest BCUT2D eigenvalue weighted by Crippen LogP contribution is 2.19. The molecule has 0 bridgehead atoms. The fourth-order valence-electron chi connectivity index (χ4n) is 1.53. The normalized spacial score (nSPS) is 10.8. The molecule has 96 valence electrons. The number of hydrogen-bond donors (Lipinski definition) is 1. The molecule has 1 N–H and O–H groups in total. The number of nitrogens with zero attached hydrogens (tertiary/aromatic N) is 1. The summed E-state index contributed by atoms with van der Waals surface area (Å²) in [6.07, 6.45) is 1.10. The molecule has 0 unspecified atom stereocenters. The number of carboxylic acids is 1. The molecular formula is C14H9F2NO2. The van der Waals surface area contributed by atoms with Crippen LogP contribution in [0.3, 0.4) is 0 Å². The van der Waals surface area contributed by atoms with Gasteiger partial charge >= 0.3 is 5.97 Å². The Labute approximate surface area is 107 Å². The second kappa shape index (κ2) is 5.39. The molecule has 0 saturated carbocycles. The highest BCUT2D eigenvalue weighted by molar-refractivity contribution is 5.95. The molecule has 0 aliphatic carbocycles. The number of aliphatic imine (C=N–C) groups is 1. The number of para-hydroxylation sites is 1. The largest absolute Gasteiger partial charge is 0.478 e. The zero-order chi connectivity index (χ0) is 13.8. The summed E-state index contributed by atoms with van der Waals surface area (Å²) in [4.78, 5) is 14.8. The van der Waals surface area contributed by atoms with E-state index in [1.807, 2.05) is 0 Å². The number of carbonyl (C=O) groups is 1. The van der Waals surface area contributed by atoms with E-state index in [0.29, 0.717) is 0 Å². The standard InChI is InChI=1S/C14H9F2NO2/c15-11-6-3-4-9(13(11)16)8-17-12-7-2-1-5-10(12)14(18)19/h1-8H,(H,18,19). The van der Waals surface area contributed by atoms with Gasteiger partial charge in [0.05, 0.1) is 11.3 Å². The summed E-state index contributed by atoms with van der Waals surface area (Å²) < 4.78 is 26.4. The first-order chi connectivity index (χ1) is 9.09. The second-order valence-electron chi connectivity index (χ2n) is 3.72. The summed E-state index contributed by atoms with van der Waals surface area (Å²) >= 11 is 0. The molecule has 0 amide bonds. The number of benzene rings is 2. The van der Waals surface area contributed by atoms with Gasteiger partial charge in [-0.25, -0.2) is 13.6 Å². The van der Waals surface area contributed by atoms with E-state index in [1.165, 1.54) is 24.3 Å². The molecule has 2 rings (SSSR count). The molecule has 19 heavy (non-hydrogen) atoms. The summed E-state index contributed by atoms with van der Waals surface area (Å²) in [6.45, 7) is 0. The molecule has 0 radical (unpaired) electrons. The zero-order valence-electron chi connectivity index (χ0n) is 9.68. The Hall–Kier alpha value is -2.56. The summed E-state index contributed by atoms with van der Waals surface area (Å²) in [5.74, 6) is -3.12. The van der Waals surface area contributed by atoms with Gasteiger partial charge in [-0.05, 0) is 18.2 Å². The first kappa shape index (κ1) is 12.9. The van der Waals surface area contributed by atoms with Crippen LogP contribution in [0.2, 0.25) is 0 Å². The molecule has 0 saturated heterocycles. The van der Waals surface area contributed by atoms with Gasteiger partial charge in [0.25, 0.3) is 0 Å². The van der Waals surface area contributed by atoms with Crippen LogP contribution in [0.1, 0.15) is 15.9 Å². The smallest absolute Gasteiger partial charge is 0.337 e. The summed E-state index contributed by atoms with van der Waals surface area (Å²) in [6, 6.07) is 9.74. The molecule has 0 aliphatic heterocycles. The van der Waals surface area contributed by atoms with Crippen molar-refractivity contribution in [3.8, 4) is 0 Å². The first-order valence-electron chi connectivity index (χ1n) is 5.40. The minimum absolute atomic E-state index is 0.00411. The van der Waals surface area contributed by atoms with Crippen molar-refractivity contribution >= 4 is 17.9 Å². The molecule has 0 fully saturated rings. The molecule has 0 aromatic heterocycles. The third-order valence-electron chi connectivity index (χ3n) is 2.46. The maximum absolute atomic E-state index is 13.4. The van der Waals surface area contributed by atoms with Gasteiger partial charge in [-0.2, -0.15) is 0 Å². The van der Waals surface area contributed by atoms with Crippen molar-refractivity contribution in [2.75, 3.05) is 0 Å². The number of hydrogen-bond acceptors (Lipinski definition) is 2.